The lowest BCUT2D eigenvalue weighted by Gasteiger charge is -2.16. The minimum absolute atomic E-state index is 0.215. The average Bonchev–Trinajstić information content (AvgIpc) is 2.67. The van der Waals surface area contributed by atoms with Crippen LogP contribution in [0, 0.1) is 6.92 Å². The second-order valence-corrected chi connectivity index (χ2v) is 5.92. The molecule has 0 aromatic heterocycles. The highest BCUT2D eigenvalue weighted by atomic mass is 16.5. The van der Waals surface area contributed by atoms with Crippen LogP contribution in [-0.2, 0) is 11.2 Å². The van der Waals surface area contributed by atoms with Gasteiger partial charge in [0, 0.05) is 12.1 Å². The Hall–Kier alpha value is -2.73. The monoisotopic (exact) mass is 358 g/mol. The van der Waals surface area contributed by atoms with Gasteiger partial charge in [0.25, 0.3) is 0 Å². The lowest BCUT2D eigenvalue weighted by Crippen LogP contribution is -2.35. The summed E-state index contributed by atoms with van der Waals surface area (Å²) in [6.45, 7) is 2.43. The molecule has 2 rings (SSSR count). The fraction of sp³-hybridized carbons (Fsp3) is 0.350. The smallest absolute Gasteiger partial charge is 0.241 e. The summed E-state index contributed by atoms with van der Waals surface area (Å²) in [5.74, 6) is 1.52. The molecule has 2 aromatic rings. The summed E-state index contributed by atoms with van der Waals surface area (Å²) in [4.78, 5) is 12.3. The summed E-state index contributed by atoms with van der Waals surface area (Å²) in [6, 6.07) is 10.6. The van der Waals surface area contributed by atoms with Gasteiger partial charge in [-0.3, -0.25) is 4.79 Å². The van der Waals surface area contributed by atoms with Crippen LogP contribution >= 0.6 is 0 Å². The standard InChI is InChI=1S/C20H26N2O4/c1-13-5-7-14(8-6-13)17(21)20(23)22-12-11-15-9-10-16(24-2)19(26-4)18(15)25-3/h5-10,17H,11-12,21H2,1-4H3,(H,22,23). The average molecular weight is 358 g/mol. The number of hydrogen-bond acceptors (Lipinski definition) is 5. The largest absolute Gasteiger partial charge is 0.493 e. The molecule has 0 fully saturated rings. The summed E-state index contributed by atoms with van der Waals surface area (Å²) in [5, 5.41) is 2.87. The van der Waals surface area contributed by atoms with E-state index in [0.29, 0.717) is 30.2 Å². The van der Waals surface area contributed by atoms with Crippen molar-refractivity contribution in [1.29, 1.82) is 0 Å². The van der Waals surface area contributed by atoms with Crippen LogP contribution in [0.2, 0.25) is 0 Å². The van der Waals surface area contributed by atoms with Crippen LogP contribution in [-0.4, -0.2) is 33.8 Å². The van der Waals surface area contributed by atoms with Gasteiger partial charge >= 0.3 is 0 Å². The van der Waals surface area contributed by atoms with E-state index in [4.69, 9.17) is 19.9 Å². The Kier molecular flexibility index (Phi) is 6.86. The molecule has 0 radical (unpaired) electrons. The van der Waals surface area contributed by atoms with Crippen LogP contribution in [0.3, 0.4) is 0 Å². The molecule has 6 nitrogen and oxygen atoms in total. The molecule has 1 amide bonds. The molecule has 0 aliphatic heterocycles. The quantitative estimate of drug-likeness (QED) is 0.757. The Morgan fingerprint density at radius 3 is 2.23 bits per heavy atom. The van der Waals surface area contributed by atoms with Gasteiger partial charge in [-0.2, -0.15) is 0 Å². The van der Waals surface area contributed by atoms with E-state index in [1.165, 1.54) is 0 Å². The number of nitrogens with two attached hydrogens (primary N) is 1. The molecule has 140 valence electrons. The Bertz CT molecular complexity index is 744. The molecule has 6 heteroatoms. The fourth-order valence-electron chi connectivity index (χ4n) is 2.72. The molecule has 0 saturated carbocycles. The van der Waals surface area contributed by atoms with Gasteiger partial charge < -0.3 is 25.3 Å². The highest BCUT2D eigenvalue weighted by Gasteiger charge is 2.17. The predicted molar refractivity (Wildman–Crippen MR) is 101 cm³/mol. The van der Waals surface area contributed by atoms with Gasteiger partial charge in [0.1, 0.15) is 6.04 Å². The number of amides is 1. The number of methoxy groups -OCH3 is 3. The van der Waals surface area contributed by atoms with E-state index in [1.54, 1.807) is 21.3 Å². The first-order valence-corrected chi connectivity index (χ1v) is 8.39. The molecule has 0 spiro atoms. The minimum atomic E-state index is -0.692. The van der Waals surface area contributed by atoms with Crippen molar-refractivity contribution in [2.24, 2.45) is 5.73 Å². The van der Waals surface area contributed by atoms with Crippen LogP contribution in [0.5, 0.6) is 17.2 Å². The van der Waals surface area contributed by atoms with Crippen LogP contribution in [0.4, 0.5) is 0 Å². The molecular formula is C20H26N2O4. The Balaban J connectivity index is 2.00. The lowest BCUT2D eigenvalue weighted by molar-refractivity contribution is -0.122. The number of benzene rings is 2. The Morgan fingerprint density at radius 2 is 1.65 bits per heavy atom. The normalized spacial score (nSPS) is 11.6. The molecule has 1 atom stereocenters. The van der Waals surface area contributed by atoms with Gasteiger partial charge in [-0.05, 0) is 25.0 Å². The summed E-state index contributed by atoms with van der Waals surface area (Å²) in [6.07, 6.45) is 0.579. The first-order valence-electron chi connectivity index (χ1n) is 8.39. The number of carbonyl (C=O) groups excluding carboxylic acids is 1. The Labute approximate surface area is 154 Å². The van der Waals surface area contributed by atoms with E-state index in [0.717, 1.165) is 16.7 Å². The topological polar surface area (TPSA) is 82.8 Å². The molecular weight excluding hydrogens is 332 g/mol. The molecule has 2 aromatic carbocycles. The number of ether oxygens (including phenoxy) is 3. The van der Waals surface area contributed by atoms with Crippen LogP contribution < -0.4 is 25.3 Å². The number of nitrogens with one attached hydrogen (secondary N) is 1. The van der Waals surface area contributed by atoms with E-state index in [9.17, 15) is 4.79 Å². The zero-order valence-electron chi connectivity index (χ0n) is 15.7. The first kappa shape index (κ1) is 19.6. The molecule has 0 saturated heterocycles. The van der Waals surface area contributed by atoms with Gasteiger partial charge in [-0.25, -0.2) is 0 Å². The van der Waals surface area contributed by atoms with E-state index in [1.807, 2.05) is 43.3 Å². The highest BCUT2D eigenvalue weighted by molar-refractivity contribution is 5.82. The molecule has 0 heterocycles. The van der Waals surface area contributed by atoms with Crippen molar-refractivity contribution in [3.05, 3.63) is 53.1 Å². The summed E-state index contributed by atoms with van der Waals surface area (Å²) < 4.78 is 16.1. The number of carbonyl (C=O) groups is 1. The summed E-state index contributed by atoms with van der Waals surface area (Å²) >= 11 is 0. The fourth-order valence-corrected chi connectivity index (χ4v) is 2.72. The molecule has 0 aliphatic rings. The summed E-state index contributed by atoms with van der Waals surface area (Å²) in [7, 11) is 4.71. The maximum absolute atomic E-state index is 12.3. The van der Waals surface area contributed by atoms with Crippen molar-refractivity contribution in [1.82, 2.24) is 5.32 Å². The second kappa shape index (κ2) is 9.10. The van der Waals surface area contributed by atoms with Gasteiger partial charge in [0.15, 0.2) is 11.5 Å². The van der Waals surface area contributed by atoms with E-state index < -0.39 is 6.04 Å². The van der Waals surface area contributed by atoms with Crippen molar-refractivity contribution in [3.8, 4) is 17.2 Å². The summed E-state index contributed by atoms with van der Waals surface area (Å²) in [5.41, 5.74) is 8.86. The third kappa shape index (κ3) is 4.46. The van der Waals surface area contributed by atoms with Crippen molar-refractivity contribution in [2.45, 2.75) is 19.4 Å². The Morgan fingerprint density at radius 1 is 1.00 bits per heavy atom. The van der Waals surface area contributed by atoms with Crippen molar-refractivity contribution < 1.29 is 19.0 Å². The molecule has 1 unspecified atom stereocenters. The van der Waals surface area contributed by atoms with E-state index >= 15 is 0 Å². The number of hydrogen-bond donors (Lipinski definition) is 2. The number of aryl methyl sites for hydroxylation is 1. The van der Waals surface area contributed by atoms with Crippen molar-refractivity contribution >= 4 is 5.91 Å². The first-order chi connectivity index (χ1) is 12.5. The van der Waals surface area contributed by atoms with Crippen LogP contribution in [0.1, 0.15) is 22.7 Å². The highest BCUT2D eigenvalue weighted by Crippen LogP contribution is 2.39. The van der Waals surface area contributed by atoms with E-state index in [2.05, 4.69) is 5.32 Å². The van der Waals surface area contributed by atoms with Gasteiger partial charge in [-0.1, -0.05) is 35.9 Å². The van der Waals surface area contributed by atoms with E-state index in [-0.39, 0.29) is 5.91 Å². The second-order valence-electron chi connectivity index (χ2n) is 5.92. The third-order valence-corrected chi connectivity index (χ3v) is 4.20. The predicted octanol–water partition coefficient (Wildman–Crippen LogP) is 2.38. The lowest BCUT2D eigenvalue weighted by atomic mass is 10.0. The number of rotatable bonds is 8. The maximum Gasteiger partial charge on any atom is 0.241 e. The van der Waals surface area contributed by atoms with Gasteiger partial charge in [-0.15, -0.1) is 0 Å². The third-order valence-electron chi connectivity index (χ3n) is 4.20. The zero-order chi connectivity index (χ0) is 19.1. The molecule has 26 heavy (non-hydrogen) atoms. The van der Waals surface area contributed by atoms with Crippen LogP contribution in [0.25, 0.3) is 0 Å². The molecule has 0 bridgehead atoms. The zero-order valence-corrected chi connectivity index (χ0v) is 15.7. The van der Waals surface area contributed by atoms with Crippen molar-refractivity contribution in [2.75, 3.05) is 27.9 Å². The van der Waals surface area contributed by atoms with Crippen LogP contribution in [0.15, 0.2) is 36.4 Å². The maximum atomic E-state index is 12.3. The van der Waals surface area contributed by atoms with Gasteiger partial charge in [0.2, 0.25) is 11.7 Å². The molecule has 3 N–H and O–H groups in total. The minimum Gasteiger partial charge on any atom is -0.493 e. The molecule has 0 aliphatic carbocycles. The van der Waals surface area contributed by atoms with Gasteiger partial charge in [0.05, 0.1) is 21.3 Å². The SMILES string of the molecule is COc1ccc(CCNC(=O)C(N)c2ccc(C)cc2)c(OC)c1OC. The van der Waals surface area contributed by atoms with Crippen molar-refractivity contribution in [3.63, 3.8) is 0 Å².